The van der Waals surface area contributed by atoms with Crippen LogP contribution in [0.15, 0.2) is 43.0 Å². The molecule has 5 heteroatoms. The minimum absolute atomic E-state index is 0.0626. The van der Waals surface area contributed by atoms with E-state index in [1.54, 1.807) is 12.5 Å². The van der Waals surface area contributed by atoms with Crippen LogP contribution in [0.3, 0.4) is 0 Å². The summed E-state index contributed by atoms with van der Waals surface area (Å²) in [5.74, 6) is 0.0626. The first-order chi connectivity index (χ1) is 10.6. The zero-order valence-electron chi connectivity index (χ0n) is 13.5. The molecule has 0 spiro atoms. The predicted molar refractivity (Wildman–Crippen MR) is 87.5 cm³/mol. The first-order valence-electron chi connectivity index (χ1n) is 7.51. The molecule has 118 valence electrons. The summed E-state index contributed by atoms with van der Waals surface area (Å²) in [6.07, 6.45) is 5.77. The molecule has 2 aromatic rings. The summed E-state index contributed by atoms with van der Waals surface area (Å²) < 4.78 is 1.91. The number of nitrogens with one attached hydrogen (secondary N) is 1. The van der Waals surface area contributed by atoms with Crippen molar-refractivity contribution in [2.75, 3.05) is 20.6 Å². The molecule has 5 nitrogen and oxygen atoms in total. The molecule has 1 aromatic heterocycles. The lowest BCUT2D eigenvalue weighted by molar-refractivity contribution is -0.121. The van der Waals surface area contributed by atoms with Gasteiger partial charge in [0.15, 0.2) is 0 Å². The van der Waals surface area contributed by atoms with Crippen molar-refractivity contribution in [3.63, 3.8) is 0 Å². The van der Waals surface area contributed by atoms with Gasteiger partial charge in [-0.2, -0.15) is 0 Å². The second kappa shape index (κ2) is 7.75. The number of carbonyl (C=O) groups excluding carboxylic acids is 1. The van der Waals surface area contributed by atoms with Crippen LogP contribution in [0.5, 0.6) is 0 Å². The van der Waals surface area contributed by atoms with E-state index in [0.29, 0.717) is 19.5 Å². The molecule has 1 N–H and O–H groups in total. The van der Waals surface area contributed by atoms with E-state index >= 15 is 0 Å². The number of hydrogen-bond acceptors (Lipinski definition) is 3. The molecule has 0 aliphatic heterocycles. The van der Waals surface area contributed by atoms with Gasteiger partial charge in [0.05, 0.1) is 12.4 Å². The fourth-order valence-corrected chi connectivity index (χ4v) is 2.34. The van der Waals surface area contributed by atoms with Gasteiger partial charge in [0.25, 0.3) is 0 Å². The molecule has 0 bridgehead atoms. The van der Waals surface area contributed by atoms with E-state index in [0.717, 1.165) is 0 Å². The average molecular weight is 300 g/mol. The van der Waals surface area contributed by atoms with Crippen molar-refractivity contribution < 1.29 is 4.79 Å². The number of imidazole rings is 1. The number of rotatable bonds is 7. The number of aromatic nitrogens is 2. The van der Waals surface area contributed by atoms with E-state index in [9.17, 15) is 4.79 Å². The van der Waals surface area contributed by atoms with Crippen LogP contribution >= 0.6 is 0 Å². The Labute approximate surface area is 132 Å². The molecule has 0 unspecified atom stereocenters. The summed E-state index contributed by atoms with van der Waals surface area (Å²) in [4.78, 5) is 18.1. The maximum Gasteiger partial charge on any atom is 0.221 e. The van der Waals surface area contributed by atoms with E-state index in [1.165, 1.54) is 11.1 Å². The van der Waals surface area contributed by atoms with Crippen LogP contribution in [0.25, 0.3) is 0 Å². The molecule has 0 saturated heterocycles. The first kappa shape index (κ1) is 16.2. The van der Waals surface area contributed by atoms with Crippen molar-refractivity contribution in [2.24, 2.45) is 0 Å². The number of nitrogens with zero attached hydrogens (tertiary/aromatic N) is 3. The number of carbonyl (C=O) groups is 1. The van der Waals surface area contributed by atoms with Crippen molar-refractivity contribution in [1.82, 2.24) is 19.8 Å². The van der Waals surface area contributed by atoms with Crippen molar-refractivity contribution in [2.45, 2.75) is 25.9 Å². The number of likely N-dealkylation sites (N-methyl/N-ethyl adjacent to an activating group) is 1. The van der Waals surface area contributed by atoms with Gasteiger partial charge in [-0.3, -0.25) is 4.79 Å². The number of amides is 1. The Balaban J connectivity index is 1.86. The maximum absolute atomic E-state index is 12.0. The van der Waals surface area contributed by atoms with Gasteiger partial charge in [0, 0.05) is 31.9 Å². The summed E-state index contributed by atoms with van der Waals surface area (Å²) >= 11 is 0. The molecular weight excluding hydrogens is 276 g/mol. The fourth-order valence-electron chi connectivity index (χ4n) is 2.34. The highest BCUT2D eigenvalue weighted by atomic mass is 16.1. The molecule has 1 amide bonds. The Morgan fingerprint density at radius 2 is 2.05 bits per heavy atom. The van der Waals surface area contributed by atoms with Gasteiger partial charge in [0.2, 0.25) is 5.91 Å². The summed E-state index contributed by atoms with van der Waals surface area (Å²) in [5, 5.41) is 3.03. The summed E-state index contributed by atoms with van der Waals surface area (Å²) in [7, 11) is 4.06. The van der Waals surface area contributed by atoms with Crippen LogP contribution < -0.4 is 5.32 Å². The van der Waals surface area contributed by atoms with Crippen molar-refractivity contribution in [3.8, 4) is 0 Å². The lowest BCUT2D eigenvalue weighted by atomic mass is 10.0. The molecular formula is C17H24N4O. The van der Waals surface area contributed by atoms with E-state index < -0.39 is 0 Å². The normalized spacial score (nSPS) is 12.4. The largest absolute Gasteiger partial charge is 0.354 e. The molecule has 1 aromatic carbocycles. The lowest BCUT2D eigenvalue weighted by Gasteiger charge is -2.25. The van der Waals surface area contributed by atoms with E-state index in [4.69, 9.17) is 0 Å². The van der Waals surface area contributed by atoms with Crippen LogP contribution in [0.4, 0.5) is 0 Å². The van der Waals surface area contributed by atoms with E-state index in [-0.39, 0.29) is 11.9 Å². The standard InChI is InChI=1S/C17H24N4O/c1-14-4-6-15(7-5-14)16(20(2)3)12-19-17(22)8-10-21-11-9-18-13-21/h4-7,9,11,13,16H,8,10,12H2,1-3H3,(H,19,22)/t16-/m1/s1. The third-order valence-corrected chi connectivity index (χ3v) is 3.73. The molecule has 1 atom stereocenters. The average Bonchev–Trinajstić information content (AvgIpc) is 3.00. The second-order valence-electron chi connectivity index (χ2n) is 5.74. The smallest absolute Gasteiger partial charge is 0.221 e. The SMILES string of the molecule is Cc1ccc([C@@H](CNC(=O)CCn2ccnc2)N(C)C)cc1. The lowest BCUT2D eigenvalue weighted by Crippen LogP contribution is -2.34. The Morgan fingerprint density at radius 1 is 1.32 bits per heavy atom. The zero-order valence-corrected chi connectivity index (χ0v) is 13.5. The molecule has 1 heterocycles. The van der Waals surface area contributed by atoms with Crippen molar-refractivity contribution >= 4 is 5.91 Å². The van der Waals surface area contributed by atoms with Gasteiger partial charge in [0.1, 0.15) is 0 Å². The third kappa shape index (κ3) is 4.70. The Hall–Kier alpha value is -2.14. The monoisotopic (exact) mass is 300 g/mol. The summed E-state index contributed by atoms with van der Waals surface area (Å²) in [6, 6.07) is 8.63. The zero-order chi connectivity index (χ0) is 15.9. The summed E-state index contributed by atoms with van der Waals surface area (Å²) in [5.41, 5.74) is 2.45. The first-order valence-corrected chi connectivity index (χ1v) is 7.51. The van der Waals surface area contributed by atoms with Gasteiger partial charge in [-0.25, -0.2) is 4.98 Å². The van der Waals surface area contributed by atoms with Crippen LogP contribution in [-0.4, -0.2) is 41.0 Å². The Bertz CT molecular complexity index is 575. The van der Waals surface area contributed by atoms with Crippen LogP contribution in [0, 0.1) is 6.92 Å². The summed E-state index contributed by atoms with van der Waals surface area (Å²) in [6.45, 7) is 3.34. The van der Waals surface area contributed by atoms with Gasteiger partial charge in [-0.15, -0.1) is 0 Å². The molecule has 0 radical (unpaired) electrons. The van der Waals surface area contributed by atoms with E-state index in [2.05, 4.69) is 46.4 Å². The highest BCUT2D eigenvalue weighted by Crippen LogP contribution is 2.17. The van der Waals surface area contributed by atoms with Gasteiger partial charge < -0.3 is 14.8 Å². The molecule has 0 saturated carbocycles. The topological polar surface area (TPSA) is 50.2 Å². The molecule has 22 heavy (non-hydrogen) atoms. The number of aryl methyl sites for hydroxylation is 2. The van der Waals surface area contributed by atoms with Gasteiger partial charge in [-0.1, -0.05) is 29.8 Å². The van der Waals surface area contributed by atoms with Crippen LogP contribution in [0.2, 0.25) is 0 Å². The minimum Gasteiger partial charge on any atom is -0.354 e. The molecule has 0 aliphatic carbocycles. The van der Waals surface area contributed by atoms with E-state index in [1.807, 2.05) is 24.9 Å². The second-order valence-corrected chi connectivity index (χ2v) is 5.74. The Morgan fingerprint density at radius 3 is 2.64 bits per heavy atom. The van der Waals surface area contributed by atoms with Crippen molar-refractivity contribution in [1.29, 1.82) is 0 Å². The highest BCUT2D eigenvalue weighted by molar-refractivity contribution is 5.75. The highest BCUT2D eigenvalue weighted by Gasteiger charge is 2.15. The number of benzene rings is 1. The van der Waals surface area contributed by atoms with Gasteiger partial charge >= 0.3 is 0 Å². The predicted octanol–water partition coefficient (Wildman–Crippen LogP) is 2.00. The van der Waals surface area contributed by atoms with Gasteiger partial charge in [-0.05, 0) is 26.6 Å². The van der Waals surface area contributed by atoms with Crippen molar-refractivity contribution in [3.05, 3.63) is 54.1 Å². The maximum atomic E-state index is 12.0. The molecule has 0 aliphatic rings. The minimum atomic E-state index is 0.0626. The van der Waals surface area contributed by atoms with Crippen LogP contribution in [0.1, 0.15) is 23.6 Å². The molecule has 0 fully saturated rings. The fraction of sp³-hybridized carbons (Fsp3) is 0.412. The Kier molecular flexibility index (Phi) is 5.72. The third-order valence-electron chi connectivity index (χ3n) is 3.73. The van der Waals surface area contributed by atoms with Crippen LogP contribution in [-0.2, 0) is 11.3 Å². The quantitative estimate of drug-likeness (QED) is 0.851. The number of hydrogen-bond donors (Lipinski definition) is 1. The molecule has 2 rings (SSSR count).